The minimum atomic E-state index is -0.278. The zero-order chi connectivity index (χ0) is 25.2. The van der Waals surface area contributed by atoms with E-state index in [-0.39, 0.29) is 25.9 Å². The number of benzene rings is 2. The van der Waals surface area contributed by atoms with Crippen LogP contribution in [-0.4, -0.2) is 24.4 Å². The normalized spacial score (nSPS) is 9.81. The zero-order valence-electron chi connectivity index (χ0n) is 20.0. The summed E-state index contributed by atoms with van der Waals surface area (Å²) in [4.78, 5) is 4.08. The largest absolute Gasteiger partial charge is 0.358 e. The van der Waals surface area contributed by atoms with Gasteiger partial charge >= 0.3 is 0 Å². The number of halogens is 1. The monoisotopic (exact) mass is 670 g/mol. The van der Waals surface area contributed by atoms with Crippen LogP contribution in [0.3, 0.4) is 0 Å². The van der Waals surface area contributed by atoms with E-state index in [0.717, 1.165) is 17.1 Å². The van der Waals surface area contributed by atoms with Crippen molar-refractivity contribution in [2.45, 2.75) is 0 Å². The summed E-state index contributed by atoms with van der Waals surface area (Å²) in [5.74, 6) is -0.278. The van der Waals surface area contributed by atoms with Crippen LogP contribution in [0.15, 0.2) is 97.8 Å². The predicted octanol–water partition coefficient (Wildman–Crippen LogP) is 2.44. The van der Waals surface area contributed by atoms with Crippen molar-refractivity contribution in [2.24, 2.45) is 14.1 Å². The Morgan fingerprint density at radius 3 is 2.05 bits per heavy atom. The molecule has 0 atom stereocenters. The van der Waals surface area contributed by atoms with Crippen molar-refractivity contribution in [3.8, 4) is 22.8 Å². The molecule has 0 spiro atoms. The number of para-hydroxylation sites is 1. The van der Waals surface area contributed by atoms with Gasteiger partial charge in [-0.25, -0.2) is 0 Å². The molecule has 0 unspecified atom stereocenters. The van der Waals surface area contributed by atoms with Crippen molar-refractivity contribution < 1.29 is 33.6 Å². The van der Waals surface area contributed by atoms with Gasteiger partial charge in [0, 0.05) is 56.9 Å². The average Bonchev–Trinajstić information content (AvgIpc) is 3.69. The van der Waals surface area contributed by atoms with Gasteiger partial charge in [-0.1, -0.05) is 23.6 Å². The molecular weight excluding hydrogens is 648 g/mol. The van der Waals surface area contributed by atoms with Gasteiger partial charge in [0.2, 0.25) is 12.7 Å². The SMILES string of the molecule is C[n+]1[c-]n(-c2[c-]cc(F)cc2)cc1.C[n+]1[c-]n(-c2[c-]cccc2)cc1.[Ir].c1ccc(-c2cnn[n-]2)nc1. The van der Waals surface area contributed by atoms with Crippen LogP contribution in [-0.2, 0) is 34.2 Å². The summed E-state index contributed by atoms with van der Waals surface area (Å²) in [5.41, 5.74) is 3.31. The standard InChI is InChI=1S/C10H8FN2.C10H9N2.C7H5N4.Ir/c1-12-6-7-13(8-12)10-4-2-9(11)3-5-10;1-11-7-8-12(9-11)10-5-3-2-4-6-10;1-2-4-8-6(3-1)7-5-9-11-10-7;/h2-4,6-7H,1H3;2-5,7-8H,1H3;1-5H;/q3*-1;. The number of hydrogen-bond donors (Lipinski definition) is 0. The molecular formula is C27H22FIrN8-3. The van der Waals surface area contributed by atoms with Gasteiger partial charge in [-0.05, 0) is 17.8 Å². The van der Waals surface area contributed by atoms with E-state index in [1.165, 1.54) is 12.1 Å². The Kier molecular flexibility index (Phi) is 10.1. The molecule has 8 nitrogen and oxygen atoms in total. The van der Waals surface area contributed by atoms with Crippen LogP contribution in [0.1, 0.15) is 0 Å². The Hall–Kier alpha value is -4.27. The van der Waals surface area contributed by atoms with Gasteiger partial charge in [-0.3, -0.25) is 14.6 Å². The molecule has 0 amide bonds. The third-order valence-corrected chi connectivity index (χ3v) is 4.69. The van der Waals surface area contributed by atoms with E-state index in [9.17, 15) is 4.39 Å². The molecule has 0 N–H and O–H groups in total. The van der Waals surface area contributed by atoms with Gasteiger partial charge in [-0.2, -0.15) is 42.5 Å². The first-order chi connectivity index (χ1) is 17.6. The molecule has 6 aromatic rings. The molecule has 189 valence electrons. The van der Waals surface area contributed by atoms with Crippen molar-refractivity contribution in [3.63, 3.8) is 0 Å². The number of imidazole rings is 2. The second kappa shape index (κ2) is 13.7. The first kappa shape index (κ1) is 27.3. The molecule has 4 heterocycles. The van der Waals surface area contributed by atoms with E-state index < -0.39 is 0 Å². The molecule has 0 saturated carbocycles. The van der Waals surface area contributed by atoms with Crippen molar-refractivity contribution in [1.29, 1.82) is 0 Å². The Morgan fingerprint density at radius 2 is 1.57 bits per heavy atom. The molecule has 1 radical (unpaired) electrons. The van der Waals surface area contributed by atoms with Gasteiger partial charge in [0.25, 0.3) is 0 Å². The minimum Gasteiger partial charge on any atom is -0.358 e. The van der Waals surface area contributed by atoms with Gasteiger partial charge < -0.3 is 28.5 Å². The smallest absolute Gasteiger partial charge is 0.241 e. The number of pyridine rings is 1. The van der Waals surface area contributed by atoms with E-state index in [1.807, 2.05) is 90.5 Å². The number of rotatable bonds is 3. The van der Waals surface area contributed by atoms with Gasteiger partial charge in [0.1, 0.15) is 0 Å². The van der Waals surface area contributed by atoms with Crippen LogP contribution >= 0.6 is 0 Å². The molecule has 37 heavy (non-hydrogen) atoms. The first-order valence-electron chi connectivity index (χ1n) is 10.9. The molecule has 2 aromatic carbocycles. The van der Waals surface area contributed by atoms with E-state index in [4.69, 9.17) is 0 Å². The van der Waals surface area contributed by atoms with Crippen molar-refractivity contribution in [3.05, 3.63) is 128 Å². The van der Waals surface area contributed by atoms with Gasteiger partial charge in [0.15, 0.2) is 0 Å². The van der Waals surface area contributed by atoms with Crippen LogP contribution in [0.5, 0.6) is 0 Å². The fraction of sp³-hybridized carbons (Fsp3) is 0.0741. The number of nitrogens with zero attached hydrogens (tertiary/aromatic N) is 8. The third-order valence-electron chi connectivity index (χ3n) is 4.69. The van der Waals surface area contributed by atoms with Gasteiger partial charge in [-0.15, -0.1) is 12.1 Å². The molecule has 0 fully saturated rings. The van der Waals surface area contributed by atoms with Crippen molar-refractivity contribution >= 4 is 0 Å². The summed E-state index contributed by atoms with van der Waals surface area (Å²) < 4.78 is 19.9. The topological polar surface area (TPSA) is 70.4 Å². The fourth-order valence-electron chi connectivity index (χ4n) is 2.97. The van der Waals surface area contributed by atoms with Crippen LogP contribution < -0.4 is 14.2 Å². The van der Waals surface area contributed by atoms with Crippen molar-refractivity contribution in [1.82, 2.24) is 29.5 Å². The second-order valence-electron chi connectivity index (χ2n) is 7.43. The van der Waals surface area contributed by atoms with Crippen LogP contribution in [0.4, 0.5) is 4.39 Å². The summed E-state index contributed by atoms with van der Waals surface area (Å²) in [6, 6.07) is 23.7. The predicted molar refractivity (Wildman–Crippen MR) is 128 cm³/mol. The maximum atomic E-state index is 12.6. The Bertz CT molecular complexity index is 1450. The molecule has 0 aliphatic heterocycles. The molecule has 4 aromatic heterocycles. The first-order valence-corrected chi connectivity index (χ1v) is 10.9. The Morgan fingerprint density at radius 1 is 0.865 bits per heavy atom. The molecule has 0 bridgehead atoms. The fourth-order valence-corrected chi connectivity index (χ4v) is 2.97. The second-order valence-corrected chi connectivity index (χ2v) is 7.43. The summed E-state index contributed by atoms with van der Waals surface area (Å²) >= 11 is 0. The van der Waals surface area contributed by atoms with E-state index in [2.05, 4.69) is 45.2 Å². The quantitative estimate of drug-likeness (QED) is 0.215. The summed E-state index contributed by atoms with van der Waals surface area (Å²) in [6.45, 7) is 0. The molecule has 0 aliphatic carbocycles. The van der Waals surface area contributed by atoms with Crippen LogP contribution in [0.2, 0.25) is 0 Å². The van der Waals surface area contributed by atoms with E-state index in [1.54, 1.807) is 27.6 Å². The Labute approximate surface area is 228 Å². The van der Waals surface area contributed by atoms with Crippen LogP contribution in [0, 0.1) is 30.6 Å². The zero-order valence-corrected chi connectivity index (χ0v) is 22.4. The number of aryl methyl sites for hydroxylation is 2. The maximum absolute atomic E-state index is 12.6. The summed E-state index contributed by atoms with van der Waals surface area (Å²) in [6.07, 6.45) is 17.0. The summed E-state index contributed by atoms with van der Waals surface area (Å²) in [5, 5.41) is 10.8. The molecule has 6 rings (SSSR count). The molecule has 0 saturated heterocycles. The summed E-state index contributed by atoms with van der Waals surface area (Å²) in [7, 11) is 3.82. The maximum Gasteiger partial charge on any atom is 0.241 e. The average molecular weight is 670 g/mol. The molecule has 0 aliphatic rings. The molecule has 10 heteroatoms. The third kappa shape index (κ3) is 8.13. The number of hydrogen-bond acceptors (Lipinski definition) is 3. The van der Waals surface area contributed by atoms with E-state index >= 15 is 0 Å². The number of aromatic nitrogens is 8. The van der Waals surface area contributed by atoms with Crippen LogP contribution in [0.25, 0.3) is 22.8 Å². The van der Waals surface area contributed by atoms with Crippen molar-refractivity contribution in [2.75, 3.05) is 0 Å². The van der Waals surface area contributed by atoms with E-state index in [0.29, 0.717) is 5.69 Å². The minimum absolute atomic E-state index is 0. The van der Waals surface area contributed by atoms with Gasteiger partial charge in [0.05, 0.1) is 19.8 Å². The Balaban J connectivity index is 0.000000153.